The van der Waals surface area contributed by atoms with Crippen LogP contribution in [0.2, 0.25) is 0 Å². The van der Waals surface area contributed by atoms with E-state index in [9.17, 15) is 4.79 Å². The molecular formula is C15H19NO. The van der Waals surface area contributed by atoms with Gasteiger partial charge in [0.2, 0.25) is 0 Å². The predicted octanol–water partition coefficient (Wildman–Crippen LogP) is 3.23. The lowest BCUT2D eigenvalue weighted by Crippen LogP contribution is -2.14. The van der Waals surface area contributed by atoms with Crippen molar-refractivity contribution in [2.75, 3.05) is 0 Å². The summed E-state index contributed by atoms with van der Waals surface area (Å²) in [5.41, 5.74) is 0.847. The highest BCUT2D eigenvalue weighted by Gasteiger charge is 2.49. The maximum Gasteiger partial charge on any atom is 0.254 e. The van der Waals surface area contributed by atoms with Gasteiger partial charge in [-0.25, -0.2) is 0 Å². The van der Waals surface area contributed by atoms with Gasteiger partial charge in [-0.3, -0.25) is 4.79 Å². The molecule has 90 valence electrons. The highest BCUT2D eigenvalue weighted by atomic mass is 16.2. The van der Waals surface area contributed by atoms with Crippen molar-refractivity contribution in [2.24, 2.45) is 0 Å². The summed E-state index contributed by atoms with van der Waals surface area (Å²) in [6, 6.07) is 10.8. The van der Waals surface area contributed by atoms with Crippen LogP contribution in [0.1, 0.15) is 48.9 Å². The van der Waals surface area contributed by atoms with Crippen molar-refractivity contribution in [1.29, 1.82) is 0 Å². The Hall–Kier alpha value is -1.31. The number of benzene rings is 1. The Bertz CT molecular complexity index is 387. The van der Waals surface area contributed by atoms with Crippen LogP contribution in [0, 0.1) is 0 Å². The number of carbonyl (C=O) groups is 1. The number of carbonyl (C=O) groups excluding carboxylic acids is 1. The molecule has 1 amide bonds. The molecule has 1 aromatic carbocycles. The Balaban J connectivity index is 1.72. The summed E-state index contributed by atoms with van der Waals surface area (Å²) in [7, 11) is 0. The number of hydrogen-bond acceptors (Lipinski definition) is 1. The van der Waals surface area contributed by atoms with Gasteiger partial charge in [0.1, 0.15) is 0 Å². The lowest BCUT2D eigenvalue weighted by atomic mass is 10.0. The van der Waals surface area contributed by atoms with Crippen molar-refractivity contribution in [2.45, 2.75) is 50.6 Å². The smallest absolute Gasteiger partial charge is 0.254 e. The van der Waals surface area contributed by atoms with E-state index in [-0.39, 0.29) is 5.91 Å². The largest absolute Gasteiger partial charge is 0.329 e. The van der Waals surface area contributed by atoms with Crippen molar-refractivity contribution in [3.05, 3.63) is 35.9 Å². The summed E-state index contributed by atoms with van der Waals surface area (Å²) in [4.78, 5) is 14.4. The first-order chi connectivity index (χ1) is 8.38. The molecular weight excluding hydrogens is 210 g/mol. The van der Waals surface area contributed by atoms with Gasteiger partial charge in [0.25, 0.3) is 5.91 Å². The van der Waals surface area contributed by atoms with E-state index < -0.39 is 0 Å². The van der Waals surface area contributed by atoms with Gasteiger partial charge in [0.05, 0.1) is 12.1 Å². The van der Waals surface area contributed by atoms with Gasteiger partial charge in [-0.1, -0.05) is 43.9 Å². The molecule has 2 atom stereocenters. The predicted molar refractivity (Wildman–Crippen MR) is 67.9 cm³/mol. The van der Waals surface area contributed by atoms with Gasteiger partial charge in [-0.2, -0.15) is 0 Å². The van der Waals surface area contributed by atoms with Gasteiger partial charge < -0.3 is 4.90 Å². The van der Waals surface area contributed by atoms with Gasteiger partial charge in [-0.05, 0) is 25.0 Å². The Kier molecular flexibility index (Phi) is 2.87. The first-order valence-corrected chi connectivity index (χ1v) is 6.75. The molecule has 0 aromatic heterocycles. The number of rotatable bonds is 1. The average molecular weight is 229 g/mol. The SMILES string of the molecule is O=C(c1ccccc1)N1[C@@H]2CCCCCC[C@H]21. The molecule has 1 heterocycles. The van der Waals surface area contributed by atoms with Crippen LogP contribution in [0.3, 0.4) is 0 Å². The second-order valence-corrected chi connectivity index (χ2v) is 5.20. The summed E-state index contributed by atoms with van der Waals surface area (Å²) < 4.78 is 0. The molecule has 2 nitrogen and oxygen atoms in total. The quantitative estimate of drug-likeness (QED) is 0.677. The minimum absolute atomic E-state index is 0.238. The number of hydrogen-bond donors (Lipinski definition) is 0. The Morgan fingerprint density at radius 3 is 2.12 bits per heavy atom. The van der Waals surface area contributed by atoms with E-state index in [1.54, 1.807) is 0 Å². The standard InChI is InChI=1S/C15H19NO/c17-15(12-8-4-3-5-9-12)16-13-10-6-1-2-7-11-14(13)16/h3-5,8-9,13-14H,1-2,6-7,10-11H2/t13-,14-/m1/s1. The molecule has 1 aliphatic carbocycles. The van der Waals surface area contributed by atoms with Crippen LogP contribution in [0.4, 0.5) is 0 Å². The first kappa shape index (κ1) is 10.8. The molecule has 1 saturated heterocycles. The third-order valence-electron chi connectivity index (χ3n) is 4.07. The first-order valence-electron chi connectivity index (χ1n) is 6.75. The van der Waals surface area contributed by atoms with E-state index in [4.69, 9.17) is 0 Å². The minimum atomic E-state index is 0.238. The number of fused-ring (bicyclic) bond motifs is 1. The van der Waals surface area contributed by atoms with Crippen molar-refractivity contribution in [3.8, 4) is 0 Å². The molecule has 0 spiro atoms. The molecule has 0 N–H and O–H groups in total. The second-order valence-electron chi connectivity index (χ2n) is 5.20. The number of nitrogens with zero attached hydrogens (tertiary/aromatic N) is 1. The van der Waals surface area contributed by atoms with Crippen molar-refractivity contribution in [1.82, 2.24) is 4.90 Å². The fraction of sp³-hybridized carbons (Fsp3) is 0.533. The van der Waals surface area contributed by atoms with E-state index in [2.05, 4.69) is 4.90 Å². The van der Waals surface area contributed by atoms with Crippen LogP contribution in [0.25, 0.3) is 0 Å². The normalized spacial score (nSPS) is 27.9. The molecule has 2 aliphatic rings. The highest BCUT2D eigenvalue weighted by molar-refractivity contribution is 5.96. The summed E-state index contributed by atoms with van der Waals surface area (Å²) >= 11 is 0. The van der Waals surface area contributed by atoms with Crippen molar-refractivity contribution in [3.63, 3.8) is 0 Å². The maximum atomic E-state index is 12.3. The molecule has 0 unspecified atom stereocenters. The molecule has 2 fully saturated rings. The Morgan fingerprint density at radius 1 is 0.941 bits per heavy atom. The highest BCUT2D eigenvalue weighted by Crippen LogP contribution is 2.39. The summed E-state index contributed by atoms with van der Waals surface area (Å²) in [6.45, 7) is 0. The van der Waals surface area contributed by atoms with Crippen LogP contribution in [0.15, 0.2) is 30.3 Å². The fourth-order valence-electron chi connectivity index (χ4n) is 3.09. The maximum absolute atomic E-state index is 12.3. The van der Waals surface area contributed by atoms with E-state index in [0.29, 0.717) is 12.1 Å². The molecule has 0 radical (unpaired) electrons. The summed E-state index contributed by atoms with van der Waals surface area (Å²) in [6.07, 6.45) is 7.69. The molecule has 1 aliphatic heterocycles. The molecule has 17 heavy (non-hydrogen) atoms. The molecule has 1 aromatic rings. The average Bonchev–Trinajstić information content (AvgIpc) is 3.01. The molecule has 3 rings (SSSR count). The fourth-order valence-corrected chi connectivity index (χ4v) is 3.09. The van der Waals surface area contributed by atoms with Gasteiger partial charge in [0, 0.05) is 5.56 Å². The molecule has 0 bridgehead atoms. The van der Waals surface area contributed by atoms with Crippen LogP contribution < -0.4 is 0 Å². The lowest BCUT2D eigenvalue weighted by Gasteiger charge is -2.04. The van der Waals surface area contributed by atoms with E-state index in [1.165, 1.54) is 38.5 Å². The van der Waals surface area contributed by atoms with Crippen LogP contribution in [0.5, 0.6) is 0 Å². The Morgan fingerprint density at radius 2 is 1.53 bits per heavy atom. The van der Waals surface area contributed by atoms with Gasteiger partial charge in [0.15, 0.2) is 0 Å². The van der Waals surface area contributed by atoms with Crippen molar-refractivity contribution >= 4 is 5.91 Å². The van der Waals surface area contributed by atoms with Crippen LogP contribution in [-0.2, 0) is 0 Å². The summed E-state index contributed by atoms with van der Waals surface area (Å²) in [5.74, 6) is 0.238. The lowest BCUT2D eigenvalue weighted by molar-refractivity contribution is 0.0862. The zero-order valence-electron chi connectivity index (χ0n) is 10.1. The van der Waals surface area contributed by atoms with Gasteiger partial charge in [-0.15, -0.1) is 0 Å². The number of amides is 1. The second kappa shape index (κ2) is 4.52. The van der Waals surface area contributed by atoms with Crippen LogP contribution in [-0.4, -0.2) is 22.9 Å². The third kappa shape index (κ3) is 2.08. The van der Waals surface area contributed by atoms with Gasteiger partial charge >= 0.3 is 0 Å². The van der Waals surface area contributed by atoms with Crippen LogP contribution >= 0.6 is 0 Å². The van der Waals surface area contributed by atoms with E-state index in [1.807, 2.05) is 30.3 Å². The van der Waals surface area contributed by atoms with E-state index >= 15 is 0 Å². The minimum Gasteiger partial charge on any atom is -0.329 e. The third-order valence-corrected chi connectivity index (χ3v) is 4.07. The topological polar surface area (TPSA) is 20.1 Å². The van der Waals surface area contributed by atoms with Crippen molar-refractivity contribution < 1.29 is 4.79 Å². The molecule has 1 saturated carbocycles. The van der Waals surface area contributed by atoms with E-state index in [0.717, 1.165) is 5.56 Å². The zero-order valence-corrected chi connectivity index (χ0v) is 10.1. The Labute approximate surface area is 103 Å². The zero-order chi connectivity index (χ0) is 11.7. The monoisotopic (exact) mass is 229 g/mol. The molecule has 2 heteroatoms. The summed E-state index contributed by atoms with van der Waals surface area (Å²) in [5, 5.41) is 0.